The SMILES string of the molecule is CC1CCCCC1N(C)CC1CCCC(C)(C)C1O. The molecule has 1 N–H and O–H groups in total. The van der Waals surface area contributed by atoms with Crippen LogP contribution in [0.1, 0.15) is 65.7 Å². The fraction of sp³-hybridized carbons (Fsp3) is 1.00. The van der Waals surface area contributed by atoms with Gasteiger partial charge in [0.1, 0.15) is 0 Å². The van der Waals surface area contributed by atoms with E-state index in [4.69, 9.17) is 0 Å². The van der Waals surface area contributed by atoms with Crippen LogP contribution in [0.5, 0.6) is 0 Å². The molecule has 2 fully saturated rings. The molecule has 2 rings (SSSR count). The van der Waals surface area contributed by atoms with E-state index >= 15 is 0 Å². The molecule has 0 aromatic rings. The topological polar surface area (TPSA) is 23.5 Å². The third-order valence-corrected chi connectivity index (χ3v) is 5.80. The molecular formula is C17H33NO. The lowest BCUT2D eigenvalue weighted by molar-refractivity contribution is -0.0475. The normalized spacial score (nSPS) is 39.5. The van der Waals surface area contributed by atoms with Crippen molar-refractivity contribution in [2.75, 3.05) is 13.6 Å². The van der Waals surface area contributed by atoms with Crippen LogP contribution in [0.15, 0.2) is 0 Å². The Morgan fingerprint density at radius 3 is 2.47 bits per heavy atom. The maximum Gasteiger partial charge on any atom is 0.0631 e. The Balaban J connectivity index is 1.92. The van der Waals surface area contributed by atoms with E-state index < -0.39 is 0 Å². The third kappa shape index (κ3) is 3.52. The summed E-state index contributed by atoms with van der Waals surface area (Å²) in [6.07, 6.45) is 9.07. The summed E-state index contributed by atoms with van der Waals surface area (Å²) in [4.78, 5) is 2.55. The predicted molar refractivity (Wildman–Crippen MR) is 81.2 cm³/mol. The summed E-state index contributed by atoms with van der Waals surface area (Å²) >= 11 is 0. The van der Waals surface area contributed by atoms with E-state index in [2.05, 4.69) is 32.7 Å². The van der Waals surface area contributed by atoms with Crippen molar-refractivity contribution in [3.8, 4) is 0 Å². The van der Waals surface area contributed by atoms with Gasteiger partial charge < -0.3 is 10.0 Å². The average Bonchev–Trinajstić information content (AvgIpc) is 2.35. The molecule has 112 valence electrons. The molecular weight excluding hydrogens is 234 g/mol. The molecule has 0 aromatic heterocycles. The number of hydrogen-bond donors (Lipinski definition) is 1. The van der Waals surface area contributed by atoms with Gasteiger partial charge in [0.15, 0.2) is 0 Å². The van der Waals surface area contributed by atoms with E-state index in [1.165, 1.54) is 44.9 Å². The summed E-state index contributed by atoms with van der Waals surface area (Å²) < 4.78 is 0. The molecule has 2 aliphatic carbocycles. The van der Waals surface area contributed by atoms with Gasteiger partial charge in [0, 0.05) is 12.6 Å². The molecule has 4 atom stereocenters. The second kappa shape index (κ2) is 6.13. The van der Waals surface area contributed by atoms with Crippen molar-refractivity contribution in [2.24, 2.45) is 17.3 Å². The Morgan fingerprint density at radius 1 is 1.11 bits per heavy atom. The van der Waals surface area contributed by atoms with Gasteiger partial charge in [-0.05, 0) is 50.0 Å². The standard InChI is InChI=1S/C17H33NO/c1-13-8-5-6-10-15(13)18(4)12-14-9-7-11-17(2,3)16(14)19/h13-16,19H,5-12H2,1-4H3. The minimum Gasteiger partial charge on any atom is -0.392 e. The third-order valence-electron chi connectivity index (χ3n) is 5.80. The number of aliphatic hydroxyl groups excluding tert-OH is 1. The van der Waals surface area contributed by atoms with Crippen molar-refractivity contribution in [1.29, 1.82) is 0 Å². The van der Waals surface area contributed by atoms with Crippen molar-refractivity contribution in [1.82, 2.24) is 4.90 Å². The first-order chi connectivity index (χ1) is 8.92. The summed E-state index contributed by atoms with van der Waals surface area (Å²) in [6.45, 7) is 7.95. The molecule has 2 aliphatic rings. The highest BCUT2D eigenvalue weighted by molar-refractivity contribution is 4.90. The smallest absolute Gasteiger partial charge is 0.0631 e. The van der Waals surface area contributed by atoms with Gasteiger partial charge in [-0.15, -0.1) is 0 Å². The number of rotatable bonds is 3. The van der Waals surface area contributed by atoms with Gasteiger partial charge in [0.05, 0.1) is 6.10 Å². The first-order valence-electron chi connectivity index (χ1n) is 8.30. The first kappa shape index (κ1) is 15.3. The van der Waals surface area contributed by atoms with Crippen molar-refractivity contribution in [3.63, 3.8) is 0 Å². The maximum absolute atomic E-state index is 10.6. The predicted octanol–water partition coefficient (Wildman–Crippen LogP) is 3.68. The van der Waals surface area contributed by atoms with E-state index in [1.54, 1.807) is 0 Å². The van der Waals surface area contributed by atoms with Crippen LogP contribution in [0, 0.1) is 17.3 Å². The molecule has 4 unspecified atom stereocenters. The van der Waals surface area contributed by atoms with Crippen molar-refractivity contribution < 1.29 is 5.11 Å². The molecule has 0 spiro atoms. The van der Waals surface area contributed by atoms with Crippen molar-refractivity contribution in [2.45, 2.75) is 77.9 Å². The molecule has 19 heavy (non-hydrogen) atoms. The van der Waals surface area contributed by atoms with Crippen LogP contribution in [-0.4, -0.2) is 35.7 Å². The highest BCUT2D eigenvalue weighted by Crippen LogP contribution is 2.39. The molecule has 2 saturated carbocycles. The minimum atomic E-state index is -0.123. The maximum atomic E-state index is 10.6. The largest absolute Gasteiger partial charge is 0.392 e. The number of hydrogen-bond acceptors (Lipinski definition) is 2. The van der Waals surface area contributed by atoms with Crippen molar-refractivity contribution in [3.05, 3.63) is 0 Å². The summed E-state index contributed by atoms with van der Waals surface area (Å²) in [5.74, 6) is 1.30. The van der Waals surface area contributed by atoms with Crippen LogP contribution in [0.2, 0.25) is 0 Å². The van der Waals surface area contributed by atoms with Crippen molar-refractivity contribution >= 4 is 0 Å². The fourth-order valence-electron chi connectivity index (χ4n) is 4.41. The summed E-state index contributed by atoms with van der Waals surface area (Å²) in [7, 11) is 2.28. The summed E-state index contributed by atoms with van der Waals surface area (Å²) in [6, 6.07) is 0.742. The molecule has 0 radical (unpaired) electrons. The highest BCUT2D eigenvalue weighted by Gasteiger charge is 2.39. The number of aliphatic hydroxyl groups is 1. The lowest BCUT2D eigenvalue weighted by Gasteiger charge is -2.44. The lowest BCUT2D eigenvalue weighted by atomic mass is 9.69. The average molecular weight is 267 g/mol. The van der Waals surface area contributed by atoms with Crippen LogP contribution in [-0.2, 0) is 0 Å². The molecule has 0 aliphatic heterocycles. The van der Waals surface area contributed by atoms with E-state index in [-0.39, 0.29) is 11.5 Å². The second-order valence-corrected chi connectivity index (χ2v) is 7.85. The molecule has 2 nitrogen and oxygen atoms in total. The van der Waals surface area contributed by atoms with E-state index in [1.807, 2.05) is 0 Å². The van der Waals surface area contributed by atoms with Gasteiger partial charge in [-0.25, -0.2) is 0 Å². The Hall–Kier alpha value is -0.0800. The Morgan fingerprint density at radius 2 is 1.79 bits per heavy atom. The highest BCUT2D eigenvalue weighted by atomic mass is 16.3. The minimum absolute atomic E-state index is 0.113. The van der Waals surface area contributed by atoms with Gasteiger partial charge >= 0.3 is 0 Å². The van der Waals surface area contributed by atoms with E-state index in [9.17, 15) is 5.11 Å². The molecule has 0 amide bonds. The van der Waals surface area contributed by atoms with Crippen LogP contribution < -0.4 is 0 Å². The zero-order valence-corrected chi connectivity index (χ0v) is 13.4. The zero-order valence-electron chi connectivity index (χ0n) is 13.4. The van der Waals surface area contributed by atoms with Gasteiger partial charge in [0.25, 0.3) is 0 Å². The Bertz CT molecular complexity index is 289. The van der Waals surface area contributed by atoms with Crippen LogP contribution in [0.3, 0.4) is 0 Å². The Kier molecular flexibility index (Phi) is 4.94. The van der Waals surface area contributed by atoms with Crippen LogP contribution >= 0.6 is 0 Å². The molecule has 0 bridgehead atoms. The summed E-state index contributed by atoms with van der Waals surface area (Å²) in [5, 5.41) is 10.6. The summed E-state index contributed by atoms with van der Waals surface area (Å²) in [5.41, 5.74) is 0.113. The van der Waals surface area contributed by atoms with Gasteiger partial charge in [-0.1, -0.05) is 40.0 Å². The number of nitrogens with zero attached hydrogens (tertiary/aromatic N) is 1. The quantitative estimate of drug-likeness (QED) is 0.843. The van der Waals surface area contributed by atoms with Crippen LogP contribution in [0.25, 0.3) is 0 Å². The Labute approximate surface area is 119 Å². The second-order valence-electron chi connectivity index (χ2n) is 7.85. The lowest BCUT2D eigenvalue weighted by Crippen LogP contribution is -2.48. The zero-order chi connectivity index (χ0) is 14.0. The fourth-order valence-corrected chi connectivity index (χ4v) is 4.41. The van der Waals surface area contributed by atoms with Gasteiger partial charge in [0.2, 0.25) is 0 Å². The van der Waals surface area contributed by atoms with E-state index in [0.29, 0.717) is 5.92 Å². The molecule has 0 saturated heterocycles. The molecule has 0 aromatic carbocycles. The monoisotopic (exact) mass is 267 g/mol. The van der Waals surface area contributed by atoms with Crippen LogP contribution in [0.4, 0.5) is 0 Å². The van der Waals surface area contributed by atoms with E-state index in [0.717, 1.165) is 18.5 Å². The first-order valence-corrected chi connectivity index (χ1v) is 8.30. The van der Waals surface area contributed by atoms with Gasteiger partial charge in [-0.2, -0.15) is 0 Å². The van der Waals surface area contributed by atoms with Gasteiger partial charge in [-0.3, -0.25) is 0 Å². The molecule has 2 heteroatoms. The molecule has 0 heterocycles.